The van der Waals surface area contributed by atoms with E-state index in [1.54, 1.807) is 0 Å². The topological polar surface area (TPSA) is 33.1 Å². The van der Waals surface area contributed by atoms with Crippen molar-refractivity contribution in [3.63, 3.8) is 0 Å². The largest absolute Gasteiger partial charge is 0.433 e. The summed E-state index contributed by atoms with van der Waals surface area (Å²) in [5.74, 6) is 0. The number of aromatic nitrogens is 1. The van der Waals surface area contributed by atoms with Crippen LogP contribution in [0.2, 0.25) is 0 Å². The van der Waals surface area contributed by atoms with Crippen LogP contribution in [-0.2, 0) is 12.8 Å². The summed E-state index contributed by atoms with van der Waals surface area (Å²) >= 11 is 2.66. The third-order valence-electron chi connectivity index (χ3n) is 1.77. The fourth-order valence-corrected chi connectivity index (χ4v) is 1.62. The first-order valence-corrected chi connectivity index (χ1v) is 4.72. The maximum Gasteiger partial charge on any atom is 0.433 e. The van der Waals surface area contributed by atoms with Crippen LogP contribution in [0.15, 0.2) is 10.7 Å². The minimum absolute atomic E-state index is 0.256. The second-order valence-electron chi connectivity index (χ2n) is 2.82. The molecular formula is C8H5BrF5NO. The molecule has 16 heavy (non-hydrogen) atoms. The fourth-order valence-electron chi connectivity index (χ4n) is 1.16. The zero-order valence-corrected chi connectivity index (χ0v) is 9.11. The Kier molecular flexibility index (Phi) is 3.84. The first-order valence-electron chi connectivity index (χ1n) is 3.93. The summed E-state index contributed by atoms with van der Waals surface area (Å²) < 4.78 is 61.9. The molecule has 0 aliphatic rings. The zero-order chi connectivity index (χ0) is 12.5. The Balaban J connectivity index is 3.51. The average Bonchev–Trinajstić information content (AvgIpc) is 2.14. The van der Waals surface area contributed by atoms with Gasteiger partial charge < -0.3 is 5.11 Å². The van der Waals surface area contributed by atoms with Crippen molar-refractivity contribution in [2.45, 2.75) is 19.2 Å². The van der Waals surface area contributed by atoms with Crippen LogP contribution in [0.5, 0.6) is 0 Å². The molecule has 90 valence electrons. The summed E-state index contributed by atoms with van der Waals surface area (Å²) in [7, 11) is 0. The Bertz CT molecular complexity index is 393. The van der Waals surface area contributed by atoms with E-state index in [4.69, 9.17) is 5.11 Å². The van der Waals surface area contributed by atoms with Crippen molar-refractivity contribution in [2.75, 3.05) is 0 Å². The van der Waals surface area contributed by atoms with Crippen molar-refractivity contribution in [3.05, 3.63) is 27.5 Å². The highest BCUT2D eigenvalue weighted by Gasteiger charge is 2.39. The Morgan fingerprint density at radius 3 is 2.31 bits per heavy atom. The van der Waals surface area contributed by atoms with Gasteiger partial charge in [-0.1, -0.05) is 0 Å². The predicted octanol–water partition coefficient (Wildman–Crippen LogP) is 3.29. The average molecular weight is 306 g/mol. The Hall–Kier alpha value is -0.760. The number of alkyl halides is 5. The van der Waals surface area contributed by atoms with Crippen LogP contribution in [0.1, 0.15) is 23.2 Å². The molecule has 0 aliphatic carbocycles. The van der Waals surface area contributed by atoms with Gasteiger partial charge in [-0.3, -0.25) is 0 Å². The molecule has 8 heteroatoms. The maximum atomic E-state index is 12.5. The second kappa shape index (κ2) is 4.62. The summed E-state index contributed by atoms with van der Waals surface area (Å²) in [6.07, 6.45) is -8.33. The molecule has 1 N–H and O–H groups in total. The highest BCUT2D eigenvalue weighted by Crippen LogP contribution is 2.37. The number of nitrogens with zero attached hydrogens (tertiary/aromatic N) is 1. The van der Waals surface area contributed by atoms with Gasteiger partial charge >= 0.3 is 6.18 Å². The van der Waals surface area contributed by atoms with Crippen LogP contribution < -0.4 is 0 Å². The van der Waals surface area contributed by atoms with Crippen molar-refractivity contribution >= 4 is 15.9 Å². The van der Waals surface area contributed by atoms with E-state index in [1.807, 2.05) is 0 Å². The smallest absolute Gasteiger partial charge is 0.392 e. The monoisotopic (exact) mass is 305 g/mol. The lowest BCUT2D eigenvalue weighted by Crippen LogP contribution is -2.15. The SMILES string of the molecule is OCc1cc(Br)nc(C(F)(F)F)c1C(F)F. The van der Waals surface area contributed by atoms with Gasteiger partial charge in [0.25, 0.3) is 6.43 Å². The lowest BCUT2D eigenvalue weighted by atomic mass is 10.1. The summed E-state index contributed by atoms with van der Waals surface area (Å²) in [5.41, 5.74) is -3.46. The molecule has 0 atom stereocenters. The van der Waals surface area contributed by atoms with E-state index in [0.29, 0.717) is 0 Å². The molecular weight excluding hydrogens is 301 g/mol. The number of hydrogen-bond acceptors (Lipinski definition) is 2. The van der Waals surface area contributed by atoms with E-state index < -0.39 is 36.0 Å². The van der Waals surface area contributed by atoms with E-state index >= 15 is 0 Å². The van der Waals surface area contributed by atoms with Crippen LogP contribution in [0.4, 0.5) is 22.0 Å². The van der Waals surface area contributed by atoms with Gasteiger partial charge in [0.1, 0.15) is 4.60 Å². The van der Waals surface area contributed by atoms with Gasteiger partial charge in [-0.15, -0.1) is 0 Å². The fraction of sp³-hybridized carbons (Fsp3) is 0.375. The van der Waals surface area contributed by atoms with E-state index in [1.165, 1.54) is 0 Å². The summed E-state index contributed by atoms with van der Waals surface area (Å²) in [6, 6.07) is 0.927. The van der Waals surface area contributed by atoms with E-state index in [0.717, 1.165) is 6.07 Å². The molecule has 0 radical (unpaired) electrons. The van der Waals surface area contributed by atoms with Gasteiger partial charge in [0.2, 0.25) is 0 Å². The molecule has 0 fully saturated rings. The van der Waals surface area contributed by atoms with E-state index in [2.05, 4.69) is 20.9 Å². The highest BCUT2D eigenvalue weighted by atomic mass is 79.9. The molecule has 0 amide bonds. The molecule has 1 aromatic heterocycles. The third-order valence-corrected chi connectivity index (χ3v) is 2.18. The second-order valence-corrected chi connectivity index (χ2v) is 3.64. The van der Waals surface area contributed by atoms with Gasteiger partial charge in [-0.05, 0) is 27.6 Å². The van der Waals surface area contributed by atoms with Crippen molar-refractivity contribution < 1.29 is 27.1 Å². The summed E-state index contributed by atoms with van der Waals surface area (Å²) in [5, 5.41) is 8.73. The molecule has 0 spiro atoms. The molecule has 1 heterocycles. The first kappa shape index (κ1) is 13.3. The lowest BCUT2D eigenvalue weighted by Gasteiger charge is -2.14. The van der Waals surface area contributed by atoms with Gasteiger partial charge in [0, 0.05) is 0 Å². The number of aliphatic hydroxyl groups excluding tert-OH is 1. The molecule has 1 aromatic rings. The summed E-state index contributed by atoms with van der Waals surface area (Å²) in [4.78, 5) is 2.97. The van der Waals surface area contributed by atoms with Crippen molar-refractivity contribution in [2.24, 2.45) is 0 Å². The van der Waals surface area contributed by atoms with E-state index in [9.17, 15) is 22.0 Å². The predicted molar refractivity (Wildman–Crippen MR) is 47.8 cm³/mol. The molecule has 0 aliphatic heterocycles. The van der Waals surface area contributed by atoms with Crippen LogP contribution in [0.25, 0.3) is 0 Å². The highest BCUT2D eigenvalue weighted by molar-refractivity contribution is 9.10. The van der Waals surface area contributed by atoms with Gasteiger partial charge in [-0.2, -0.15) is 13.2 Å². The molecule has 0 unspecified atom stereocenters. The standard InChI is InChI=1S/C8H5BrF5NO/c9-4-1-3(2-16)5(7(10)11)6(15-4)8(12,13)14/h1,7,16H,2H2. The lowest BCUT2D eigenvalue weighted by molar-refractivity contribution is -0.143. The van der Waals surface area contributed by atoms with E-state index in [-0.39, 0.29) is 4.60 Å². The van der Waals surface area contributed by atoms with Crippen LogP contribution in [0.3, 0.4) is 0 Å². The maximum absolute atomic E-state index is 12.5. The molecule has 0 bridgehead atoms. The van der Waals surface area contributed by atoms with Crippen LogP contribution in [0, 0.1) is 0 Å². The molecule has 0 saturated heterocycles. The van der Waals surface area contributed by atoms with Gasteiger partial charge in [0.15, 0.2) is 5.69 Å². The molecule has 0 aromatic carbocycles. The van der Waals surface area contributed by atoms with Crippen molar-refractivity contribution in [3.8, 4) is 0 Å². The van der Waals surface area contributed by atoms with Crippen LogP contribution >= 0.6 is 15.9 Å². The quantitative estimate of drug-likeness (QED) is 0.672. The Labute approximate surface area is 95.2 Å². The van der Waals surface area contributed by atoms with Crippen LogP contribution in [-0.4, -0.2) is 10.1 Å². The van der Waals surface area contributed by atoms with Crippen molar-refractivity contribution in [1.29, 1.82) is 0 Å². The van der Waals surface area contributed by atoms with Gasteiger partial charge in [0.05, 0.1) is 12.2 Å². The molecule has 2 nitrogen and oxygen atoms in total. The number of rotatable bonds is 2. The minimum Gasteiger partial charge on any atom is -0.392 e. The number of hydrogen-bond donors (Lipinski definition) is 1. The van der Waals surface area contributed by atoms with Gasteiger partial charge in [-0.25, -0.2) is 13.8 Å². The van der Waals surface area contributed by atoms with Crippen molar-refractivity contribution in [1.82, 2.24) is 4.98 Å². The third kappa shape index (κ3) is 2.67. The minimum atomic E-state index is -4.99. The first-order chi connectivity index (χ1) is 7.27. The number of pyridine rings is 1. The number of aliphatic hydroxyl groups is 1. The molecule has 1 rings (SSSR count). The Morgan fingerprint density at radius 1 is 1.38 bits per heavy atom. The zero-order valence-electron chi connectivity index (χ0n) is 7.52. The number of halogens is 6. The Morgan fingerprint density at radius 2 is 1.94 bits per heavy atom. The molecule has 0 saturated carbocycles. The summed E-state index contributed by atoms with van der Waals surface area (Å²) in [6.45, 7) is -0.913. The normalized spacial score (nSPS) is 12.2.